The van der Waals surface area contributed by atoms with Crippen molar-refractivity contribution < 1.29 is 18.3 Å². The van der Waals surface area contributed by atoms with Crippen LogP contribution in [0.1, 0.15) is 5.56 Å². The Kier molecular flexibility index (Phi) is 3.21. The van der Waals surface area contributed by atoms with E-state index in [0.29, 0.717) is 17.1 Å². The number of amides is 1. The number of hydrogen-bond donors (Lipinski definition) is 1. The summed E-state index contributed by atoms with van der Waals surface area (Å²) in [6.45, 7) is -0.226. The molecular formula is C15H12F2N2O2. The summed E-state index contributed by atoms with van der Waals surface area (Å²) >= 11 is 0. The first-order valence-electron chi connectivity index (χ1n) is 6.31. The van der Waals surface area contributed by atoms with Gasteiger partial charge in [-0.25, -0.2) is 8.78 Å². The lowest BCUT2D eigenvalue weighted by molar-refractivity contribution is -0.121. The molecule has 0 radical (unpaired) electrons. The molecule has 3 rings (SSSR count). The van der Waals surface area contributed by atoms with Gasteiger partial charge in [-0.3, -0.25) is 4.79 Å². The lowest BCUT2D eigenvalue weighted by atomic mass is 10.1. The minimum absolute atomic E-state index is 0.0668. The average Bonchev–Trinajstić information content (AvgIpc) is 2.45. The van der Waals surface area contributed by atoms with Gasteiger partial charge in [0.2, 0.25) is 0 Å². The highest BCUT2D eigenvalue weighted by molar-refractivity contribution is 5.98. The number of carbonyl (C=O) groups excluding carboxylic acids is 1. The Morgan fingerprint density at radius 3 is 2.81 bits per heavy atom. The SMILES string of the molecule is Nc1ccc2c(c1)OCC(=O)N2Cc1cc(F)ccc1F. The van der Waals surface area contributed by atoms with E-state index in [1.807, 2.05) is 0 Å². The Morgan fingerprint density at radius 1 is 1.19 bits per heavy atom. The molecule has 0 atom stereocenters. The predicted octanol–water partition coefficient (Wildman–Crippen LogP) is 2.47. The van der Waals surface area contributed by atoms with Gasteiger partial charge in [0, 0.05) is 17.3 Å². The molecule has 0 aromatic heterocycles. The molecule has 2 N–H and O–H groups in total. The Bertz CT molecular complexity index is 719. The van der Waals surface area contributed by atoms with Crippen molar-refractivity contribution in [1.29, 1.82) is 0 Å². The molecule has 0 saturated heterocycles. The Balaban J connectivity index is 1.98. The van der Waals surface area contributed by atoms with Crippen molar-refractivity contribution in [1.82, 2.24) is 0 Å². The monoisotopic (exact) mass is 290 g/mol. The van der Waals surface area contributed by atoms with Crippen LogP contribution in [-0.2, 0) is 11.3 Å². The van der Waals surface area contributed by atoms with E-state index in [2.05, 4.69) is 0 Å². The molecule has 2 aromatic rings. The average molecular weight is 290 g/mol. The first kappa shape index (κ1) is 13.4. The van der Waals surface area contributed by atoms with E-state index in [1.54, 1.807) is 18.2 Å². The van der Waals surface area contributed by atoms with Gasteiger partial charge in [0.05, 0.1) is 12.2 Å². The molecule has 1 amide bonds. The normalized spacial score (nSPS) is 13.8. The third-order valence-electron chi connectivity index (χ3n) is 3.26. The van der Waals surface area contributed by atoms with Gasteiger partial charge < -0.3 is 15.4 Å². The second-order valence-electron chi connectivity index (χ2n) is 4.73. The van der Waals surface area contributed by atoms with Gasteiger partial charge in [0.1, 0.15) is 17.4 Å². The molecule has 21 heavy (non-hydrogen) atoms. The highest BCUT2D eigenvalue weighted by atomic mass is 19.1. The van der Waals surface area contributed by atoms with Crippen LogP contribution >= 0.6 is 0 Å². The van der Waals surface area contributed by atoms with Gasteiger partial charge in [-0.2, -0.15) is 0 Å². The largest absolute Gasteiger partial charge is 0.481 e. The molecule has 0 aliphatic carbocycles. The summed E-state index contributed by atoms with van der Waals surface area (Å²) in [5, 5.41) is 0. The van der Waals surface area contributed by atoms with E-state index in [-0.39, 0.29) is 24.6 Å². The summed E-state index contributed by atoms with van der Waals surface area (Å²) < 4.78 is 32.3. The van der Waals surface area contributed by atoms with Crippen molar-refractivity contribution in [3.05, 3.63) is 53.6 Å². The standard InChI is InChI=1S/C15H12F2N2O2/c16-10-1-3-12(17)9(5-10)7-19-13-4-2-11(18)6-14(13)21-8-15(19)20/h1-6H,7-8,18H2. The Morgan fingerprint density at radius 2 is 2.00 bits per heavy atom. The smallest absolute Gasteiger partial charge is 0.265 e. The maximum atomic E-state index is 13.7. The van der Waals surface area contributed by atoms with Crippen molar-refractivity contribution in [2.75, 3.05) is 17.2 Å². The van der Waals surface area contributed by atoms with Crippen LogP contribution in [0.4, 0.5) is 20.2 Å². The minimum atomic E-state index is -0.562. The van der Waals surface area contributed by atoms with Crippen molar-refractivity contribution in [2.24, 2.45) is 0 Å². The van der Waals surface area contributed by atoms with Crippen LogP contribution in [0.25, 0.3) is 0 Å². The molecule has 2 aromatic carbocycles. The quantitative estimate of drug-likeness (QED) is 0.864. The fourth-order valence-corrected chi connectivity index (χ4v) is 2.23. The third-order valence-corrected chi connectivity index (χ3v) is 3.26. The van der Waals surface area contributed by atoms with Gasteiger partial charge in [-0.1, -0.05) is 0 Å². The number of fused-ring (bicyclic) bond motifs is 1. The summed E-state index contributed by atoms with van der Waals surface area (Å²) in [5.41, 5.74) is 6.76. The highest BCUT2D eigenvalue weighted by Gasteiger charge is 2.26. The van der Waals surface area contributed by atoms with Crippen LogP contribution in [0.3, 0.4) is 0 Å². The van der Waals surface area contributed by atoms with Crippen LogP contribution in [0.2, 0.25) is 0 Å². The molecule has 4 nitrogen and oxygen atoms in total. The number of hydrogen-bond acceptors (Lipinski definition) is 3. The molecule has 1 aliphatic heterocycles. The molecule has 0 bridgehead atoms. The zero-order chi connectivity index (χ0) is 15.0. The van der Waals surface area contributed by atoms with Gasteiger partial charge in [-0.15, -0.1) is 0 Å². The summed E-state index contributed by atoms with van der Waals surface area (Å²) in [7, 11) is 0. The van der Waals surface area contributed by atoms with Crippen LogP contribution in [-0.4, -0.2) is 12.5 Å². The maximum Gasteiger partial charge on any atom is 0.265 e. The van der Waals surface area contributed by atoms with Gasteiger partial charge in [0.25, 0.3) is 5.91 Å². The molecule has 108 valence electrons. The van der Waals surface area contributed by atoms with Crippen molar-refractivity contribution in [3.63, 3.8) is 0 Å². The van der Waals surface area contributed by atoms with Crippen LogP contribution in [0, 0.1) is 11.6 Å². The Labute approximate surface area is 119 Å². The number of carbonyl (C=O) groups is 1. The molecule has 0 fully saturated rings. The van der Waals surface area contributed by atoms with Crippen molar-refractivity contribution in [2.45, 2.75) is 6.54 Å². The van der Waals surface area contributed by atoms with Gasteiger partial charge in [0.15, 0.2) is 6.61 Å². The summed E-state index contributed by atoms with van der Waals surface area (Å²) in [6, 6.07) is 7.99. The van der Waals surface area contributed by atoms with E-state index < -0.39 is 11.6 Å². The first-order valence-corrected chi connectivity index (χ1v) is 6.31. The number of rotatable bonds is 2. The summed E-state index contributed by atoms with van der Waals surface area (Å²) in [5.74, 6) is -0.986. The summed E-state index contributed by atoms with van der Waals surface area (Å²) in [4.78, 5) is 13.4. The number of nitrogen functional groups attached to an aromatic ring is 1. The van der Waals surface area contributed by atoms with Gasteiger partial charge in [-0.05, 0) is 30.3 Å². The molecule has 6 heteroatoms. The lowest BCUT2D eigenvalue weighted by Gasteiger charge is -2.29. The number of benzene rings is 2. The molecule has 1 heterocycles. The van der Waals surface area contributed by atoms with E-state index in [0.717, 1.165) is 18.2 Å². The Hall–Kier alpha value is -2.63. The van der Waals surface area contributed by atoms with E-state index in [9.17, 15) is 13.6 Å². The zero-order valence-electron chi connectivity index (χ0n) is 11.0. The fourth-order valence-electron chi connectivity index (χ4n) is 2.23. The van der Waals surface area contributed by atoms with Crippen LogP contribution in [0.5, 0.6) is 5.75 Å². The number of nitrogens with zero attached hydrogens (tertiary/aromatic N) is 1. The second-order valence-corrected chi connectivity index (χ2v) is 4.73. The fraction of sp³-hybridized carbons (Fsp3) is 0.133. The number of nitrogens with two attached hydrogens (primary N) is 1. The summed E-state index contributed by atoms with van der Waals surface area (Å²) in [6.07, 6.45) is 0. The van der Waals surface area contributed by atoms with Crippen LogP contribution < -0.4 is 15.4 Å². The number of ether oxygens (including phenoxy) is 1. The second kappa shape index (κ2) is 5.05. The molecule has 0 spiro atoms. The number of anilines is 2. The van der Waals surface area contributed by atoms with Crippen molar-refractivity contribution >= 4 is 17.3 Å². The minimum Gasteiger partial charge on any atom is -0.481 e. The highest BCUT2D eigenvalue weighted by Crippen LogP contribution is 2.34. The van der Waals surface area contributed by atoms with Gasteiger partial charge >= 0.3 is 0 Å². The lowest BCUT2D eigenvalue weighted by Crippen LogP contribution is -2.38. The first-order chi connectivity index (χ1) is 10.0. The third kappa shape index (κ3) is 2.52. The molecular weight excluding hydrogens is 278 g/mol. The zero-order valence-corrected chi connectivity index (χ0v) is 11.0. The topological polar surface area (TPSA) is 55.6 Å². The van der Waals surface area contributed by atoms with E-state index in [4.69, 9.17) is 10.5 Å². The number of halogens is 2. The predicted molar refractivity (Wildman–Crippen MR) is 73.9 cm³/mol. The maximum absolute atomic E-state index is 13.7. The molecule has 0 saturated carbocycles. The van der Waals surface area contributed by atoms with E-state index >= 15 is 0 Å². The molecule has 1 aliphatic rings. The van der Waals surface area contributed by atoms with E-state index in [1.165, 1.54) is 4.90 Å². The van der Waals surface area contributed by atoms with Crippen molar-refractivity contribution in [3.8, 4) is 5.75 Å². The van der Waals surface area contributed by atoms with Crippen LogP contribution in [0.15, 0.2) is 36.4 Å². The molecule has 0 unspecified atom stereocenters.